The summed E-state index contributed by atoms with van der Waals surface area (Å²) in [5, 5.41) is 0. The van der Waals surface area contributed by atoms with Gasteiger partial charge in [0.2, 0.25) is 0 Å². The number of hydrogen-bond donors (Lipinski definition) is 1. The van der Waals surface area contributed by atoms with E-state index in [9.17, 15) is 0 Å². The van der Waals surface area contributed by atoms with Crippen LogP contribution in [0.1, 0.15) is 40.4 Å². The van der Waals surface area contributed by atoms with Gasteiger partial charge >= 0.3 is 0 Å². The van der Waals surface area contributed by atoms with Gasteiger partial charge in [0.05, 0.1) is 25.3 Å². The van der Waals surface area contributed by atoms with Crippen LogP contribution in [0.25, 0.3) is 11.0 Å². The molecule has 5 heteroatoms. The number of benzene rings is 1. The molecule has 0 unspecified atom stereocenters. The summed E-state index contributed by atoms with van der Waals surface area (Å²) in [4.78, 5) is 4.82. The van der Waals surface area contributed by atoms with Gasteiger partial charge in [-0.25, -0.2) is 4.98 Å². The monoisotopic (exact) mass is 305 g/mol. The summed E-state index contributed by atoms with van der Waals surface area (Å²) in [5.74, 6) is 2.40. The number of nitrogens with two attached hydrogens (primary N) is 1. The minimum atomic E-state index is -0.333. The molecule has 2 rings (SSSR count). The topological polar surface area (TPSA) is 62.3 Å². The molecule has 22 heavy (non-hydrogen) atoms. The Morgan fingerprint density at radius 3 is 2.05 bits per heavy atom. The van der Waals surface area contributed by atoms with E-state index >= 15 is 0 Å². The first-order valence-corrected chi connectivity index (χ1v) is 7.48. The standard InChI is InChI=1S/C17H27N3O2/c1-16(2,3)15-19-11-8-13(21-6)14(22-7)9-12(11)20(15)10-17(4,5)18/h8-9H,10,18H2,1-7H3. The van der Waals surface area contributed by atoms with Crippen molar-refractivity contribution in [1.29, 1.82) is 0 Å². The second-order valence-electron chi connectivity index (χ2n) is 7.46. The molecule has 0 aliphatic carbocycles. The van der Waals surface area contributed by atoms with Crippen LogP contribution in [0.15, 0.2) is 12.1 Å². The Kier molecular flexibility index (Phi) is 4.13. The second kappa shape index (κ2) is 5.47. The maximum atomic E-state index is 6.25. The Labute approximate surface area is 132 Å². The van der Waals surface area contributed by atoms with Gasteiger partial charge in [-0.2, -0.15) is 0 Å². The Hall–Kier alpha value is -1.75. The van der Waals surface area contributed by atoms with Crippen molar-refractivity contribution in [2.24, 2.45) is 5.73 Å². The fourth-order valence-electron chi connectivity index (χ4n) is 2.59. The predicted octanol–water partition coefficient (Wildman–Crippen LogP) is 3.09. The number of imidazole rings is 1. The Balaban J connectivity index is 2.76. The average Bonchev–Trinajstić information content (AvgIpc) is 2.73. The van der Waals surface area contributed by atoms with Crippen LogP contribution >= 0.6 is 0 Å². The van der Waals surface area contributed by atoms with Gasteiger partial charge in [-0.05, 0) is 13.8 Å². The highest BCUT2D eigenvalue weighted by Gasteiger charge is 2.26. The first-order valence-electron chi connectivity index (χ1n) is 7.48. The molecule has 0 spiro atoms. The highest BCUT2D eigenvalue weighted by atomic mass is 16.5. The van der Waals surface area contributed by atoms with E-state index in [-0.39, 0.29) is 11.0 Å². The fourth-order valence-corrected chi connectivity index (χ4v) is 2.59. The summed E-state index contributed by atoms with van der Waals surface area (Å²) in [6.45, 7) is 11.2. The molecule has 1 aromatic heterocycles. The van der Waals surface area contributed by atoms with E-state index < -0.39 is 0 Å². The van der Waals surface area contributed by atoms with E-state index in [1.165, 1.54) is 0 Å². The van der Waals surface area contributed by atoms with Gasteiger partial charge in [-0.15, -0.1) is 0 Å². The van der Waals surface area contributed by atoms with Gasteiger partial charge in [-0.1, -0.05) is 20.8 Å². The number of nitrogens with zero attached hydrogens (tertiary/aromatic N) is 2. The van der Waals surface area contributed by atoms with Crippen molar-refractivity contribution in [3.63, 3.8) is 0 Å². The van der Waals surface area contributed by atoms with Gasteiger partial charge in [-0.3, -0.25) is 0 Å². The van der Waals surface area contributed by atoms with Crippen LogP contribution in [0.4, 0.5) is 0 Å². The molecule has 1 heterocycles. The van der Waals surface area contributed by atoms with Gasteiger partial charge in [0.25, 0.3) is 0 Å². The lowest BCUT2D eigenvalue weighted by Crippen LogP contribution is -2.38. The normalized spacial score (nSPS) is 12.7. The first-order chi connectivity index (χ1) is 10.1. The number of hydrogen-bond acceptors (Lipinski definition) is 4. The molecule has 1 aromatic carbocycles. The summed E-state index contributed by atoms with van der Waals surface area (Å²) in [6.07, 6.45) is 0. The molecule has 5 nitrogen and oxygen atoms in total. The van der Waals surface area contributed by atoms with E-state index in [0.29, 0.717) is 18.0 Å². The molecule has 122 valence electrons. The number of ether oxygens (including phenoxy) is 2. The lowest BCUT2D eigenvalue weighted by molar-refractivity contribution is 0.355. The number of methoxy groups -OCH3 is 2. The van der Waals surface area contributed by atoms with E-state index in [4.69, 9.17) is 20.2 Å². The van der Waals surface area contributed by atoms with Crippen molar-refractivity contribution in [3.8, 4) is 11.5 Å². The van der Waals surface area contributed by atoms with Crippen molar-refractivity contribution >= 4 is 11.0 Å². The molecule has 0 radical (unpaired) electrons. The summed E-state index contributed by atoms with van der Waals surface area (Å²) in [6, 6.07) is 3.89. The van der Waals surface area contributed by atoms with Gasteiger partial charge in [0, 0.05) is 29.6 Å². The summed E-state index contributed by atoms with van der Waals surface area (Å²) >= 11 is 0. The zero-order valence-corrected chi connectivity index (χ0v) is 14.7. The number of fused-ring (bicyclic) bond motifs is 1. The SMILES string of the molecule is COc1cc2nc(C(C)(C)C)n(CC(C)(C)N)c2cc1OC. The van der Waals surface area contributed by atoms with Crippen LogP contribution in [0.2, 0.25) is 0 Å². The molecule has 2 N–H and O–H groups in total. The third kappa shape index (κ3) is 3.19. The Morgan fingerprint density at radius 1 is 1.05 bits per heavy atom. The molecule has 0 amide bonds. The molecule has 0 saturated heterocycles. The molecular formula is C17H27N3O2. The highest BCUT2D eigenvalue weighted by molar-refractivity contribution is 5.81. The quantitative estimate of drug-likeness (QED) is 0.943. The van der Waals surface area contributed by atoms with E-state index in [1.54, 1.807) is 14.2 Å². The first kappa shape index (κ1) is 16.6. The molecule has 0 aliphatic heterocycles. The van der Waals surface area contributed by atoms with Crippen molar-refractivity contribution in [1.82, 2.24) is 9.55 Å². The maximum absolute atomic E-state index is 6.25. The zero-order chi connectivity index (χ0) is 16.7. The highest BCUT2D eigenvalue weighted by Crippen LogP contribution is 2.35. The molecule has 0 saturated carbocycles. The zero-order valence-electron chi connectivity index (χ0n) is 14.7. The molecule has 0 fully saturated rings. The van der Waals surface area contributed by atoms with E-state index in [1.807, 2.05) is 26.0 Å². The van der Waals surface area contributed by atoms with Crippen molar-refractivity contribution in [2.45, 2.75) is 52.1 Å². The largest absolute Gasteiger partial charge is 0.493 e. The van der Waals surface area contributed by atoms with Gasteiger partial charge in [0.15, 0.2) is 11.5 Å². The summed E-state index contributed by atoms with van der Waals surface area (Å²) < 4.78 is 13.0. The minimum absolute atomic E-state index is 0.0786. The van der Waals surface area contributed by atoms with Crippen molar-refractivity contribution in [2.75, 3.05) is 14.2 Å². The summed E-state index contributed by atoms with van der Waals surface area (Å²) in [7, 11) is 3.27. The lowest BCUT2D eigenvalue weighted by Gasteiger charge is -2.25. The molecule has 0 atom stereocenters. The average molecular weight is 305 g/mol. The van der Waals surface area contributed by atoms with Gasteiger partial charge in [0.1, 0.15) is 5.82 Å². The smallest absolute Gasteiger partial charge is 0.163 e. The Morgan fingerprint density at radius 2 is 1.59 bits per heavy atom. The maximum Gasteiger partial charge on any atom is 0.163 e. The minimum Gasteiger partial charge on any atom is -0.493 e. The number of aromatic nitrogens is 2. The molecule has 0 aliphatic rings. The third-order valence-electron chi connectivity index (χ3n) is 3.49. The fraction of sp³-hybridized carbons (Fsp3) is 0.588. The molecule has 2 aromatic rings. The lowest BCUT2D eigenvalue weighted by atomic mass is 9.95. The second-order valence-corrected chi connectivity index (χ2v) is 7.46. The third-order valence-corrected chi connectivity index (χ3v) is 3.49. The Bertz CT molecular complexity index is 676. The van der Waals surface area contributed by atoms with Crippen LogP contribution in [0, 0.1) is 0 Å². The van der Waals surface area contributed by atoms with Crippen molar-refractivity contribution < 1.29 is 9.47 Å². The van der Waals surface area contributed by atoms with Crippen LogP contribution in [0.5, 0.6) is 11.5 Å². The van der Waals surface area contributed by atoms with Crippen LogP contribution in [-0.4, -0.2) is 29.3 Å². The van der Waals surface area contributed by atoms with Gasteiger partial charge < -0.3 is 19.8 Å². The van der Waals surface area contributed by atoms with E-state index in [0.717, 1.165) is 16.9 Å². The summed E-state index contributed by atoms with van der Waals surface area (Å²) in [5.41, 5.74) is 7.75. The van der Waals surface area contributed by atoms with Crippen molar-refractivity contribution in [3.05, 3.63) is 18.0 Å². The molecule has 0 bridgehead atoms. The van der Waals surface area contributed by atoms with Crippen LogP contribution in [-0.2, 0) is 12.0 Å². The van der Waals surface area contributed by atoms with Crippen LogP contribution < -0.4 is 15.2 Å². The number of rotatable bonds is 4. The molecular weight excluding hydrogens is 278 g/mol. The predicted molar refractivity (Wildman–Crippen MR) is 89.8 cm³/mol. The van der Waals surface area contributed by atoms with Crippen LogP contribution in [0.3, 0.4) is 0 Å². The van der Waals surface area contributed by atoms with E-state index in [2.05, 4.69) is 25.3 Å².